The Morgan fingerprint density at radius 1 is 1.03 bits per heavy atom. The topological polar surface area (TPSA) is 75.2 Å². The van der Waals surface area contributed by atoms with Crippen LogP contribution in [0.5, 0.6) is 0 Å². The van der Waals surface area contributed by atoms with Gasteiger partial charge in [0.05, 0.1) is 6.42 Å². The molecule has 1 aromatic heterocycles. The summed E-state index contributed by atoms with van der Waals surface area (Å²) in [6.45, 7) is 11.3. The van der Waals surface area contributed by atoms with Crippen LogP contribution in [0.15, 0.2) is 0 Å². The van der Waals surface area contributed by atoms with Gasteiger partial charge in [-0.05, 0) is 39.5 Å². The SMILES string of the molecule is Cc1nc([C@H]2CCCN(C(=O)C(C)(C)C)C2)nc(C)c1CC(=O)NC1CCCC1. The van der Waals surface area contributed by atoms with E-state index >= 15 is 0 Å². The van der Waals surface area contributed by atoms with E-state index in [1.807, 2.05) is 39.5 Å². The number of amides is 2. The number of aromatic nitrogens is 2. The molecule has 1 atom stereocenters. The summed E-state index contributed by atoms with van der Waals surface area (Å²) in [4.78, 5) is 36.7. The maximum atomic E-state index is 12.7. The molecule has 1 aromatic rings. The van der Waals surface area contributed by atoms with Gasteiger partial charge in [0.2, 0.25) is 11.8 Å². The Morgan fingerprint density at radius 2 is 1.66 bits per heavy atom. The van der Waals surface area contributed by atoms with Crippen LogP contribution in [0.3, 0.4) is 0 Å². The molecule has 29 heavy (non-hydrogen) atoms. The maximum absolute atomic E-state index is 12.7. The average Bonchev–Trinajstić information content (AvgIpc) is 3.16. The van der Waals surface area contributed by atoms with Crippen molar-refractivity contribution in [1.29, 1.82) is 0 Å². The number of nitrogens with one attached hydrogen (secondary N) is 1. The van der Waals surface area contributed by atoms with Crippen molar-refractivity contribution in [3.8, 4) is 0 Å². The van der Waals surface area contributed by atoms with E-state index in [1.165, 1.54) is 12.8 Å². The molecule has 2 heterocycles. The first-order valence-electron chi connectivity index (χ1n) is 11.1. The van der Waals surface area contributed by atoms with E-state index in [1.54, 1.807) is 0 Å². The molecule has 2 fully saturated rings. The molecule has 1 aliphatic carbocycles. The average molecular weight is 401 g/mol. The van der Waals surface area contributed by atoms with Gasteiger partial charge in [0, 0.05) is 47.4 Å². The zero-order valence-electron chi connectivity index (χ0n) is 18.7. The molecular formula is C23H36N4O2. The largest absolute Gasteiger partial charge is 0.353 e. The first-order chi connectivity index (χ1) is 13.6. The molecule has 0 aromatic carbocycles. The van der Waals surface area contributed by atoms with Crippen molar-refractivity contribution in [2.45, 2.75) is 91.5 Å². The molecule has 0 radical (unpaired) electrons. The summed E-state index contributed by atoms with van der Waals surface area (Å²) in [7, 11) is 0. The van der Waals surface area contributed by atoms with E-state index in [0.717, 1.165) is 55.0 Å². The van der Waals surface area contributed by atoms with Crippen molar-refractivity contribution in [2.24, 2.45) is 5.41 Å². The number of hydrogen-bond acceptors (Lipinski definition) is 4. The molecule has 1 saturated carbocycles. The van der Waals surface area contributed by atoms with Crippen LogP contribution in [0.25, 0.3) is 0 Å². The standard InChI is InChI=1S/C23H36N4O2/c1-15-19(13-20(28)26-18-10-6-7-11-18)16(2)25-21(24-15)17-9-8-12-27(14-17)22(29)23(3,4)5/h17-18H,6-14H2,1-5H3,(H,26,28)/t17-/m0/s1. The van der Waals surface area contributed by atoms with Gasteiger partial charge in [-0.3, -0.25) is 9.59 Å². The second-order valence-corrected chi connectivity index (χ2v) is 9.80. The monoisotopic (exact) mass is 400 g/mol. The molecule has 0 spiro atoms. The number of likely N-dealkylation sites (tertiary alicyclic amines) is 1. The quantitative estimate of drug-likeness (QED) is 0.840. The molecule has 0 unspecified atom stereocenters. The number of nitrogens with zero attached hydrogens (tertiary/aromatic N) is 3. The molecule has 6 heteroatoms. The highest BCUT2D eigenvalue weighted by atomic mass is 16.2. The predicted molar refractivity (Wildman–Crippen MR) is 114 cm³/mol. The molecule has 2 aliphatic rings. The molecule has 1 saturated heterocycles. The Morgan fingerprint density at radius 3 is 2.24 bits per heavy atom. The normalized spacial score (nSPS) is 20.7. The van der Waals surface area contributed by atoms with E-state index in [4.69, 9.17) is 9.97 Å². The molecule has 6 nitrogen and oxygen atoms in total. The van der Waals surface area contributed by atoms with Gasteiger partial charge < -0.3 is 10.2 Å². The van der Waals surface area contributed by atoms with Crippen LogP contribution in [-0.2, 0) is 16.0 Å². The Hall–Kier alpha value is -1.98. The Balaban J connectivity index is 1.69. The van der Waals surface area contributed by atoms with Gasteiger partial charge in [-0.2, -0.15) is 0 Å². The summed E-state index contributed by atoms with van der Waals surface area (Å²) in [6.07, 6.45) is 6.89. The molecule has 3 rings (SSSR count). The Kier molecular flexibility index (Phi) is 6.59. The summed E-state index contributed by atoms with van der Waals surface area (Å²) < 4.78 is 0. The first kappa shape index (κ1) is 21.7. The lowest BCUT2D eigenvalue weighted by Gasteiger charge is -2.36. The van der Waals surface area contributed by atoms with Crippen molar-refractivity contribution in [3.63, 3.8) is 0 Å². The van der Waals surface area contributed by atoms with Crippen LogP contribution in [0.1, 0.15) is 88.0 Å². The minimum Gasteiger partial charge on any atom is -0.353 e. The van der Waals surface area contributed by atoms with Crippen LogP contribution in [0.2, 0.25) is 0 Å². The van der Waals surface area contributed by atoms with E-state index < -0.39 is 0 Å². The summed E-state index contributed by atoms with van der Waals surface area (Å²) in [5.41, 5.74) is 2.33. The highest BCUT2D eigenvalue weighted by Crippen LogP contribution is 2.29. The number of carbonyl (C=O) groups is 2. The number of rotatable bonds is 4. The zero-order chi connectivity index (χ0) is 21.2. The Labute approximate surface area is 174 Å². The lowest BCUT2D eigenvalue weighted by molar-refractivity contribution is -0.140. The maximum Gasteiger partial charge on any atom is 0.227 e. The minimum absolute atomic E-state index is 0.0686. The third kappa shape index (κ3) is 5.34. The molecule has 160 valence electrons. The fourth-order valence-corrected chi connectivity index (χ4v) is 4.56. The number of hydrogen-bond donors (Lipinski definition) is 1. The second kappa shape index (κ2) is 8.80. The van der Waals surface area contributed by atoms with Crippen LogP contribution in [-0.4, -0.2) is 45.8 Å². The molecule has 0 bridgehead atoms. The van der Waals surface area contributed by atoms with Gasteiger partial charge in [0.15, 0.2) is 0 Å². The third-order valence-corrected chi connectivity index (χ3v) is 6.21. The van der Waals surface area contributed by atoms with Crippen molar-refractivity contribution < 1.29 is 9.59 Å². The van der Waals surface area contributed by atoms with Gasteiger partial charge in [0.1, 0.15) is 5.82 Å². The second-order valence-electron chi connectivity index (χ2n) is 9.80. The van der Waals surface area contributed by atoms with Gasteiger partial charge in [-0.25, -0.2) is 9.97 Å². The van der Waals surface area contributed by atoms with Crippen molar-refractivity contribution in [2.75, 3.05) is 13.1 Å². The van der Waals surface area contributed by atoms with E-state index in [0.29, 0.717) is 19.0 Å². The van der Waals surface area contributed by atoms with Crippen LogP contribution < -0.4 is 5.32 Å². The summed E-state index contributed by atoms with van der Waals surface area (Å²) in [6, 6.07) is 0.330. The van der Waals surface area contributed by atoms with Gasteiger partial charge in [-0.15, -0.1) is 0 Å². The number of piperidine rings is 1. The first-order valence-corrected chi connectivity index (χ1v) is 11.1. The fraction of sp³-hybridized carbons (Fsp3) is 0.739. The smallest absolute Gasteiger partial charge is 0.227 e. The molecule has 2 amide bonds. The highest BCUT2D eigenvalue weighted by molar-refractivity contribution is 5.81. The van der Waals surface area contributed by atoms with Crippen LogP contribution >= 0.6 is 0 Å². The minimum atomic E-state index is -0.370. The summed E-state index contributed by atoms with van der Waals surface area (Å²) >= 11 is 0. The fourth-order valence-electron chi connectivity index (χ4n) is 4.56. The molecule has 1 N–H and O–H groups in total. The summed E-state index contributed by atoms with van der Waals surface area (Å²) in [5, 5.41) is 3.15. The molecule has 1 aliphatic heterocycles. The highest BCUT2D eigenvalue weighted by Gasteiger charge is 2.32. The number of carbonyl (C=O) groups excluding carboxylic acids is 2. The van der Waals surface area contributed by atoms with Crippen molar-refractivity contribution in [3.05, 3.63) is 22.8 Å². The van der Waals surface area contributed by atoms with Gasteiger partial charge in [-0.1, -0.05) is 33.6 Å². The third-order valence-electron chi connectivity index (χ3n) is 6.21. The zero-order valence-corrected chi connectivity index (χ0v) is 18.7. The van der Waals surface area contributed by atoms with Crippen LogP contribution in [0, 0.1) is 19.3 Å². The van der Waals surface area contributed by atoms with Gasteiger partial charge >= 0.3 is 0 Å². The lowest BCUT2D eigenvalue weighted by Crippen LogP contribution is -2.45. The van der Waals surface area contributed by atoms with Crippen molar-refractivity contribution in [1.82, 2.24) is 20.2 Å². The number of aryl methyl sites for hydroxylation is 2. The van der Waals surface area contributed by atoms with E-state index in [2.05, 4.69) is 5.32 Å². The summed E-state index contributed by atoms with van der Waals surface area (Å²) in [5.74, 6) is 1.23. The molecular weight excluding hydrogens is 364 g/mol. The van der Waals surface area contributed by atoms with E-state index in [-0.39, 0.29) is 23.1 Å². The van der Waals surface area contributed by atoms with E-state index in [9.17, 15) is 9.59 Å². The van der Waals surface area contributed by atoms with Crippen LogP contribution in [0.4, 0.5) is 0 Å². The lowest BCUT2D eigenvalue weighted by atomic mass is 9.90. The predicted octanol–water partition coefficient (Wildman–Crippen LogP) is 3.45. The Bertz CT molecular complexity index is 740. The van der Waals surface area contributed by atoms with Crippen molar-refractivity contribution >= 4 is 11.8 Å². The van der Waals surface area contributed by atoms with Gasteiger partial charge in [0.25, 0.3) is 0 Å².